The van der Waals surface area contributed by atoms with E-state index in [0.717, 1.165) is 27.5 Å². The van der Waals surface area contributed by atoms with E-state index in [2.05, 4.69) is 0 Å². The van der Waals surface area contributed by atoms with Crippen LogP contribution in [-0.4, -0.2) is 19.5 Å². The molecule has 3 aromatic heterocycles. The van der Waals surface area contributed by atoms with Crippen LogP contribution in [0.25, 0.3) is 106 Å². The Bertz CT molecular complexity index is 3750. The lowest BCUT2D eigenvalue weighted by Gasteiger charge is -2.16. The molecule has 8 aromatic carbocycles. The monoisotopic (exact) mass is 726 g/mol. The number of aromatic nitrogens is 4. The Morgan fingerprint density at radius 1 is 0.429 bits per heavy atom. The van der Waals surface area contributed by atoms with E-state index in [4.69, 9.17) is 27.6 Å². The Morgan fingerprint density at radius 2 is 1.12 bits per heavy atom. The third-order valence-electron chi connectivity index (χ3n) is 9.93. The van der Waals surface area contributed by atoms with Gasteiger partial charge in [0.15, 0.2) is 17.5 Å². The van der Waals surface area contributed by atoms with Gasteiger partial charge < -0.3 is 8.98 Å². The van der Waals surface area contributed by atoms with Crippen LogP contribution < -0.4 is 0 Å². The first-order valence-electron chi connectivity index (χ1n) is 23.0. The van der Waals surface area contributed by atoms with Crippen molar-refractivity contribution in [3.05, 3.63) is 194 Å². The molecule has 0 aliphatic heterocycles. The molecule has 11 aromatic rings. The van der Waals surface area contributed by atoms with Gasteiger partial charge in [-0.15, -0.1) is 0 Å². The summed E-state index contributed by atoms with van der Waals surface area (Å²) in [6, 6.07) is 36.4. The number of benzene rings is 8. The molecule has 0 amide bonds. The van der Waals surface area contributed by atoms with Gasteiger partial charge in [0.2, 0.25) is 0 Å². The van der Waals surface area contributed by atoms with E-state index in [-0.39, 0.29) is 69.0 Å². The van der Waals surface area contributed by atoms with Gasteiger partial charge in [0.05, 0.1) is 30.4 Å². The second kappa shape index (κ2) is 13.0. The zero-order valence-electron chi connectivity index (χ0n) is 39.4. The number of para-hydroxylation sites is 3. The largest absolute Gasteiger partial charge is 0.455 e. The normalized spacial score (nSPS) is 14.1. The minimum Gasteiger partial charge on any atom is -0.455 e. The number of hydrogen-bond acceptors (Lipinski definition) is 4. The highest BCUT2D eigenvalue weighted by Gasteiger charge is 2.22. The van der Waals surface area contributed by atoms with E-state index in [9.17, 15) is 5.48 Å². The molecule has 0 fully saturated rings. The molecule has 5 heteroatoms. The average molecular weight is 727 g/mol. The fourth-order valence-corrected chi connectivity index (χ4v) is 7.35. The first kappa shape index (κ1) is 23.2. The molecular formula is C51H32N4O. The second-order valence-corrected chi connectivity index (χ2v) is 13.2. The van der Waals surface area contributed by atoms with Gasteiger partial charge in [-0.25, -0.2) is 15.0 Å². The molecule has 0 saturated carbocycles. The predicted octanol–water partition coefficient (Wildman–Crippen LogP) is 13.2. The number of furan rings is 1. The van der Waals surface area contributed by atoms with Crippen molar-refractivity contribution in [1.29, 1.82) is 0 Å². The van der Waals surface area contributed by atoms with Crippen LogP contribution in [-0.2, 0) is 0 Å². The van der Waals surface area contributed by atoms with Gasteiger partial charge in [-0.1, -0.05) is 158 Å². The third kappa shape index (κ3) is 5.29. The Labute approximate surface area is 336 Å². The summed E-state index contributed by atoms with van der Waals surface area (Å²) >= 11 is 0. The van der Waals surface area contributed by atoms with Crippen molar-refractivity contribution in [3.8, 4) is 62.1 Å². The van der Waals surface area contributed by atoms with Gasteiger partial charge in [0.25, 0.3) is 0 Å². The van der Waals surface area contributed by atoms with Crippen LogP contribution in [0.3, 0.4) is 0 Å². The smallest absolute Gasteiger partial charge is 0.166 e. The molecule has 3 heterocycles. The van der Waals surface area contributed by atoms with Gasteiger partial charge in [0, 0.05) is 43.8 Å². The van der Waals surface area contributed by atoms with Gasteiger partial charge in [-0.05, 0) is 53.0 Å². The maximum absolute atomic E-state index is 9.76. The van der Waals surface area contributed by atoms with Crippen molar-refractivity contribution in [2.45, 2.75) is 0 Å². The third-order valence-corrected chi connectivity index (χ3v) is 9.93. The highest BCUT2D eigenvalue weighted by atomic mass is 16.3. The number of rotatable bonds is 6. The molecular weight excluding hydrogens is 685 g/mol. The lowest BCUT2D eigenvalue weighted by Crippen LogP contribution is -2.04. The minimum absolute atomic E-state index is 0.00625. The van der Waals surface area contributed by atoms with Gasteiger partial charge >= 0.3 is 0 Å². The summed E-state index contributed by atoms with van der Waals surface area (Å²) in [4.78, 5) is 15.0. The maximum atomic E-state index is 9.76. The van der Waals surface area contributed by atoms with Gasteiger partial charge in [0.1, 0.15) is 11.2 Å². The van der Waals surface area contributed by atoms with Crippen LogP contribution in [0.5, 0.6) is 0 Å². The highest BCUT2D eigenvalue weighted by molar-refractivity contribution is 6.12. The summed E-state index contributed by atoms with van der Waals surface area (Å²) in [6.07, 6.45) is 0. The molecule has 0 unspecified atom stereocenters. The summed E-state index contributed by atoms with van der Waals surface area (Å²) in [5.74, 6) is 1.01. The fraction of sp³-hybridized carbons (Fsp3) is 0. The van der Waals surface area contributed by atoms with Crippen LogP contribution in [0.4, 0.5) is 0 Å². The molecule has 0 bridgehead atoms. The summed E-state index contributed by atoms with van der Waals surface area (Å²) in [5.41, 5.74) is 4.78. The summed E-state index contributed by atoms with van der Waals surface area (Å²) < 4.78 is 97.8. The first-order valence-corrected chi connectivity index (χ1v) is 18.0. The molecule has 0 aliphatic rings. The fourth-order valence-electron chi connectivity index (χ4n) is 7.35. The van der Waals surface area contributed by atoms with E-state index in [1.54, 1.807) is 4.57 Å². The quantitative estimate of drug-likeness (QED) is 0.171. The number of hydrogen-bond donors (Lipinski definition) is 0. The second-order valence-electron chi connectivity index (χ2n) is 13.2. The van der Waals surface area contributed by atoms with Crippen LogP contribution in [0.2, 0.25) is 0 Å². The summed E-state index contributed by atoms with van der Waals surface area (Å²) in [5, 5.41) is 1.83. The Balaban J connectivity index is 1.29. The topological polar surface area (TPSA) is 56.7 Å². The van der Waals surface area contributed by atoms with Crippen LogP contribution in [0.15, 0.2) is 198 Å². The molecule has 56 heavy (non-hydrogen) atoms. The minimum atomic E-state index is -0.606. The molecule has 5 nitrogen and oxygen atoms in total. The van der Waals surface area contributed by atoms with Crippen molar-refractivity contribution in [2.24, 2.45) is 0 Å². The summed E-state index contributed by atoms with van der Waals surface area (Å²) in [7, 11) is 0. The van der Waals surface area contributed by atoms with Crippen LogP contribution in [0.1, 0.15) is 13.7 Å². The zero-order chi connectivity index (χ0) is 45.7. The average Bonchev–Trinajstić information content (AvgIpc) is 3.92. The van der Waals surface area contributed by atoms with Crippen LogP contribution in [0, 0.1) is 0 Å². The molecule has 0 saturated heterocycles. The van der Waals surface area contributed by atoms with Crippen molar-refractivity contribution in [3.63, 3.8) is 0 Å². The van der Waals surface area contributed by atoms with Crippen LogP contribution >= 0.6 is 0 Å². The predicted molar refractivity (Wildman–Crippen MR) is 229 cm³/mol. The van der Waals surface area contributed by atoms with E-state index < -0.39 is 30.2 Å². The number of nitrogens with zero attached hydrogens (tertiary/aromatic N) is 4. The highest BCUT2D eigenvalue weighted by Crippen LogP contribution is 2.42. The number of fused-ring (bicyclic) bond motifs is 6. The molecule has 0 spiro atoms. The Hall–Kier alpha value is -7.63. The standard InChI is InChI=1S/C51H32N4O/c1-4-15-33(16-5-1)36-28-30-45-43(31-36)39-21-10-12-25-44(39)55(45)46-32-37(38-23-14-24-41-40-22-11-13-26-47(40)56-48(38)41)27-29-42(46)51-53-49(34-17-6-2-7-18-34)52-50(54-51)35-19-8-3-9-20-35/h1-32H/i1D,4D,5D,10D,15D,16D,21D,25D,30D,31D. The molecule has 262 valence electrons. The molecule has 0 radical (unpaired) electrons. The lowest BCUT2D eigenvalue weighted by atomic mass is 9.99. The van der Waals surface area contributed by atoms with E-state index in [0.29, 0.717) is 39.6 Å². The molecule has 0 atom stereocenters. The molecule has 11 rings (SSSR count). The Morgan fingerprint density at radius 3 is 1.91 bits per heavy atom. The maximum Gasteiger partial charge on any atom is 0.166 e. The summed E-state index contributed by atoms with van der Waals surface area (Å²) in [6.45, 7) is 0. The van der Waals surface area contributed by atoms with E-state index >= 15 is 0 Å². The SMILES string of the molecule is [2H]c1cc([2H])c2c(c1[2H])c1c([2H])c(-c3c([2H])c([2H])c([2H])c([2H])c3[2H])cc([2H])c1n2-c1cc(-c2cccc3c2oc2ccccc23)ccc1-c1nc(-c2ccccc2)nc(-c2ccccc2)n1. The molecule has 0 aliphatic carbocycles. The van der Waals surface area contributed by atoms with E-state index in [1.165, 1.54) is 12.1 Å². The van der Waals surface area contributed by atoms with E-state index in [1.807, 2.05) is 121 Å². The van der Waals surface area contributed by atoms with Gasteiger partial charge in [-0.2, -0.15) is 0 Å². The lowest BCUT2D eigenvalue weighted by molar-refractivity contribution is 0.670. The van der Waals surface area contributed by atoms with Crippen molar-refractivity contribution >= 4 is 43.7 Å². The van der Waals surface area contributed by atoms with Crippen molar-refractivity contribution in [2.75, 3.05) is 0 Å². The van der Waals surface area contributed by atoms with Gasteiger partial charge in [-0.3, -0.25) is 0 Å². The zero-order valence-corrected chi connectivity index (χ0v) is 29.4. The van der Waals surface area contributed by atoms with Crippen molar-refractivity contribution in [1.82, 2.24) is 19.5 Å². The molecule has 0 N–H and O–H groups in total. The Kier molecular flexibility index (Phi) is 5.41. The van der Waals surface area contributed by atoms with Crippen molar-refractivity contribution < 1.29 is 18.1 Å². The first-order chi connectivity index (χ1) is 31.9.